The van der Waals surface area contributed by atoms with E-state index in [9.17, 15) is 9.90 Å². The number of nitriles is 1. The first kappa shape index (κ1) is 19.7. The SMILES string of the molecule is Cc1nc(C#N)ccc1Nc1ncnc2c1OCCCN2C1CCN(C(=O)O)CC1. The van der Waals surface area contributed by atoms with Crippen molar-refractivity contribution >= 4 is 23.4 Å². The van der Waals surface area contributed by atoms with Crippen molar-refractivity contribution in [2.24, 2.45) is 0 Å². The Morgan fingerprint density at radius 3 is 2.80 bits per heavy atom. The van der Waals surface area contributed by atoms with Crippen LogP contribution in [0.25, 0.3) is 0 Å². The van der Waals surface area contributed by atoms with Gasteiger partial charge in [0.2, 0.25) is 5.75 Å². The summed E-state index contributed by atoms with van der Waals surface area (Å²) in [6.45, 7) is 4.19. The Balaban J connectivity index is 1.60. The number of hydrogen-bond donors (Lipinski definition) is 2. The van der Waals surface area contributed by atoms with Gasteiger partial charge in [-0.15, -0.1) is 0 Å². The highest BCUT2D eigenvalue weighted by atomic mass is 16.5. The number of hydrogen-bond acceptors (Lipinski definition) is 8. The van der Waals surface area contributed by atoms with Crippen LogP contribution in [0.1, 0.15) is 30.7 Å². The maximum absolute atomic E-state index is 11.2. The van der Waals surface area contributed by atoms with Gasteiger partial charge in [-0.05, 0) is 38.3 Å². The van der Waals surface area contributed by atoms with Crippen molar-refractivity contribution in [1.29, 1.82) is 5.26 Å². The van der Waals surface area contributed by atoms with Crippen LogP contribution in [0.15, 0.2) is 18.5 Å². The number of amides is 1. The fourth-order valence-electron chi connectivity index (χ4n) is 3.91. The number of nitrogens with one attached hydrogen (secondary N) is 1. The molecule has 1 amide bonds. The molecular formula is C20H23N7O3. The predicted octanol–water partition coefficient (Wildman–Crippen LogP) is 2.53. The van der Waals surface area contributed by atoms with E-state index < -0.39 is 6.09 Å². The monoisotopic (exact) mass is 409 g/mol. The number of pyridine rings is 1. The third-order valence-corrected chi connectivity index (χ3v) is 5.48. The Kier molecular flexibility index (Phi) is 5.52. The van der Waals surface area contributed by atoms with Crippen molar-refractivity contribution in [2.75, 3.05) is 36.5 Å². The molecule has 4 rings (SSSR count). The van der Waals surface area contributed by atoms with E-state index in [-0.39, 0.29) is 6.04 Å². The van der Waals surface area contributed by atoms with E-state index in [1.807, 2.05) is 13.0 Å². The first-order valence-electron chi connectivity index (χ1n) is 9.94. The van der Waals surface area contributed by atoms with Crippen LogP contribution in [0, 0.1) is 18.3 Å². The summed E-state index contributed by atoms with van der Waals surface area (Å²) in [6.07, 6.45) is 2.97. The lowest BCUT2D eigenvalue weighted by atomic mass is 10.0. The third-order valence-electron chi connectivity index (χ3n) is 5.48. The minimum Gasteiger partial charge on any atom is -0.486 e. The van der Waals surface area contributed by atoms with Gasteiger partial charge in [-0.2, -0.15) is 5.26 Å². The molecule has 0 bridgehead atoms. The first-order valence-corrected chi connectivity index (χ1v) is 9.94. The number of likely N-dealkylation sites (tertiary alicyclic amines) is 1. The highest BCUT2D eigenvalue weighted by molar-refractivity contribution is 5.71. The molecule has 2 N–H and O–H groups in total. The van der Waals surface area contributed by atoms with Gasteiger partial charge < -0.3 is 25.0 Å². The van der Waals surface area contributed by atoms with Crippen molar-refractivity contribution < 1.29 is 14.6 Å². The smallest absolute Gasteiger partial charge is 0.407 e. The third kappa shape index (κ3) is 3.91. The van der Waals surface area contributed by atoms with Crippen molar-refractivity contribution in [2.45, 2.75) is 32.2 Å². The predicted molar refractivity (Wildman–Crippen MR) is 109 cm³/mol. The van der Waals surface area contributed by atoms with Gasteiger partial charge in [0, 0.05) is 25.7 Å². The number of anilines is 3. The molecule has 0 aliphatic carbocycles. The zero-order chi connectivity index (χ0) is 21.1. The molecule has 30 heavy (non-hydrogen) atoms. The molecule has 1 fully saturated rings. The van der Waals surface area contributed by atoms with Gasteiger partial charge in [0.25, 0.3) is 0 Å². The minimum absolute atomic E-state index is 0.196. The second kappa shape index (κ2) is 8.41. The number of fused-ring (bicyclic) bond motifs is 1. The van der Waals surface area contributed by atoms with Gasteiger partial charge in [-0.25, -0.2) is 19.7 Å². The lowest BCUT2D eigenvalue weighted by Gasteiger charge is -2.37. The molecule has 10 nitrogen and oxygen atoms in total. The zero-order valence-corrected chi connectivity index (χ0v) is 16.7. The molecule has 10 heteroatoms. The molecule has 2 aromatic heterocycles. The second-order valence-corrected chi connectivity index (χ2v) is 7.34. The largest absolute Gasteiger partial charge is 0.486 e. The summed E-state index contributed by atoms with van der Waals surface area (Å²) in [4.78, 5) is 28.0. The van der Waals surface area contributed by atoms with E-state index in [1.54, 1.807) is 12.1 Å². The Bertz CT molecular complexity index is 983. The molecule has 0 atom stereocenters. The van der Waals surface area contributed by atoms with E-state index in [1.165, 1.54) is 11.2 Å². The van der Waals surface area contributed by atoms with Crippen molar-refractivity contribution in [3.8, 4) is 11.8 Å². The lowest BCUT2D eigenvalue weighted by molar-refractivity contribution is 0.131. The van der Waals surface area contributed by atoms with Crippen molar-refractivity contribution in [3.05, 3.63) is 29.8 Å². The van der Waals surface area contributed by atoms with Crippen molar-refractivity contribution in [1.82, 2.24) is 19.9 Å². The van der Waals surface area contributed by atoms with Crippen LogP contribution in [-0.2, 0) is 0 Å². The van der Waals surface area contributed by atoms with Crippen LogP contribution >= 0.6 is 0 Å². The summed E-state index contributed by atoms with van der Waals surface area (Å²) >= 11 is 0. The van der Waals surface area contributed by atoms with Crippen LogP contribution in [0.2, 0.25) is 0 Å². The number of aromatic nitrogens is 3. The zero-order valence-electron chi connectivity index (χ0n) is 16.7. The molecular weight excluding hydrogens is 386 g/mol. The topological polar surface area (TPSA) is 128 Å². The number of nitrogens with zero attached hydrogens (tertiary/aromatic N) is 6. The molecule has 0 aromatic carbocycles. The number of ether oxygens (including phenoxy) is 1. The summed E-state index contributed by atoms with van der Waals surface area (Å²) in [6, 6.07) is 5.68. The van der Waals surface area contributed by atoms with E-state index in [0.717, 1.165) is 37.3 Å². The standard InChI is InChI=1S/C20H23N7O3/c1-13-16(4-3-14(11-21)24-13)25-18-17-19(23-12-22-18)27(7-2-10-30-17)15-5-8-26(9-6-15)20(28)29/h3-4,12,15H,2,5-10H2,1H3,(H,28,29)(H,22,23,25). The van der Waals surface area contributed by atoms with E-state index >= 15 is 0 Å². The van der Waals surface area contributed by atoms with Gasteiger partial charge in [-0.3, -0.25) is 0 Å². The molecule has 2 aliphatic rings. The maximum Gasteiger partial charge on any atom is 0.407 e. The first-order chi connectivity index (χ1) is 14.6. The fourth-order valence-corrected chi connectivity index (χ4v) is 3.91. The molecule has 0 saturated carbocycles. The van der Waals surface area contributed by atoms with E-state index in [2.05, 4.69) is 25.2 Å². The van der Waals surface area contributed by atoms with Gasteiger partial charge in [0.05, 0.1) is 18.0 Å². The van der Waals surface area contributed by atoms with Gasteiger partial charge >= 0.3 is 6.09 Å². The summed E-state index contributed by atoms with van der Waals surface area (Å²) in [5.74, 6) is 1.85. The summed E-state index contributed by atoms with van der Waals surface area (Å²) in [5, 5.41) is 21.5. The second-order valence-electron chi connectivity index (χ2n) is 7.34. The Morgan fingerprint density at radius 2 is 2.10 bits per heavy atom. The molecule has 156 valence electrons. The van der Waals surface area contributed by atoms with Gasteiger partial charge in [0.1, 0.15) is 18.1 Å². The Hall–Kier alpha value is -3.61. The van der Waals surface area contributed by atoms with Crippen LogP contribution < -0.4 is 15.0 Å². The number of aryl methyl sites for hydroxylation is 1. The molecule has 0 spiro atoms. The number of piperidine rings is 1. The summed E-state index contributed by atoms with van der Waals surface area (Å²) in [7, 11) is 0. The lowest BCUT2D eigenvalue weighted by Crippen LogP contribution is -2.47. The molecule has 0 radical (unpaired) electrons. The van der Waals surface area contributed by atoms with Crippen LogP contribution in [0.5, 0.6) is 5.75 Å². The average molecular weight is 409 g/mol. The molecule has 1 saturated heterocycles. The normalized spacial score (nSPS) is 16.8. The van der Waals surface area contributed by atoms with Crippen LogP contribution in [-0.4, -0.2) is 63.3 Å². The highest BCUT2D eigenvalue weighted by Gasteiger charge is 2.31. The molecule has 2 aromatic rings. The molecule has 2 aliphatic heterocycles. The van der Waals surface area contributed by atoms with Crippen LogP contribution in [0.4, 0.5) is 22.1 Å². The number of carbonyl (C=O) groups is 1. The van der Waals surface area contributed by atoms with E-state index in [0.29, 0.717) is 42.7 Å². The summed E-state index contributed by atoms with van der Waals surface area (Å²) in [5.41, 5.74) is 1.78. The average Bonchev–Trinajstić information content (AvgIpc) is 2.98. The summed E-state index contributed by atoms with van der Waals surface area (Å²) < 4.78 is 6.01. The Labute approximate surface area is 174 Å². The minimum atomic E-state index is -0.867. The van der Waals surface area contributed by atoms with Crippen molar-refractivity contribution in [3.63, 3.8) is 0 Å². The fraction of sp³-hybridized carbons (Fsp3) is 0.450. The number of carboxylic acid groups (broad SMARTS) is 1. The number of rotatable bonds is 3. The highest BCUT2D eigenvalue weighted by Crippen LogP contribution is 2.38. The quantitative estimate of drug-likeness (QED) is 0.786. The van der Waals surface area contributed by atoms with E-state index in [4.69, 9.17) is 10.00 Å². The van der Waals surface area contributed by atoms with Gasteiger partial charge in [-0.1, -0.05) is 0 Å². The van der Waals surface area contributed by atoms with Gasteiger partial charge in [0.15, 0.2) is 11.6 Å². The molecule has 4 heterocycles. The maximum atomic E-state index is 11.2. The van der Waals surface area contributed by atoms with Crippen LogP contribution in [0.3, 0.4) is 0 Å². The molecule has 0 unspecified atom stereocenters. The Morgan fingerprint density at radius 1 is 1.30 bits per heavy atom.